The summed E-state index contributed by atoms with van der Waals surface area (Å²) in [5.41, 5.74) is -1.28. The number of unbranched alkanes of at least 4 members (excludes halogenated alkanes) is 8. The number of hydrogen-bond donors (Lipinski definition) is 0. The van der Waals surface area contributed by atoms with Crippen LogP contribution < -0.4 is 0 Å². The van der Waals surface area contributed by atoms with Crippen LogP contribution in [0.5, 0.6) is 0 Å². The van der Waals surface area contributed by atoms with Crippen LogP contribution in [-0.4, -0.2) is 31.8 Å². The van der Waals surface area contributed by atoms with Crippen LogP contribution in [0.4, 0.5) is 22.0 Å². The molecule has 0 spiro atoms. The van der Waals surface area contributed by atoms with Crippen LogP contribution in [0.15, 0.2) is 0 Å². The Morgan fingerprint density at radius 1 is 0.625 bits per heavy atom. The van der Waals surface area contributed by atoms with Gasteiger partial charge in [-0.1, -0.05) is 58.3 Å². The van der Waals surface area contributed by atoms with Crippen LogP contribution in [0.25, 0.3) is 0 Å². The molecule has 0 atom stereocenters. The van der Waals surface area contributed by atoms with Gasteiger partial charge in [-0.3, -0.25) is 0 Å². The van der Waals surface area contributed by atoms with Gasteiger partial charge in [0.1, 0.15) is 19.8 Å². The summed E-state index contributed by atoms with van der Waals surface area (Å²) in [5.74, 6) is -12.6. The van der Waals surface area contributed by atoms with Gasteiger partial charge in [-0.15, -0.1) is 0 Å². The van der Waals surface area contributed by atoms with Crippen LogP contribution in [0, 0.1) is 29.1 Å². The van der Waals surface area contributed by atoms with Gasteiger partial charge in [0.15, 0.2) is 23.3 Å². The topological polar surface area (TPSA) is 61.8 Å². The molecule has 10 heteroatoms. The van der Waals surface area contributed by atoms with E-state index < -0.39 is 66.4 Å². The first-order valence-electron chi connectivity index (χ1n) is 10.7. The molecule has 0 aliphatic carbocycles. The van der Waals surface area contributed by atoms with Crippen LogP contribution in [0.3, 0.4) is 0 Å². The molecule has 0 fully saturated rings. The lowest BCUT2D eigenvalue weighted by atomic mass is 10.1. The van der Waals surface area contributed by atoms with Crippen molar-refractivity contribution in [2.24, 2.45) is 0 Å². The maximum Gasteiger partial charge on any atom is 0.332 e. The molecule has 0 saturated heterocycles. The number of carbonyl (C=O) groups excluding carboxylic acids is 2. The highest BCUT2D eigenvalue weighted by Gasteiger charge is 2.26. The monoisotopic (exact) mass is 468 g/mol. The van der Waals surface area contributed by atoms with E-state index in [9.17, 15) is 31.5 Å². The molecule has 0 aliphatic heterocycles. The summed E-state index contributed by atoms with van der Waals surface area (Å²) in [4.78, 5) is 23.0. The smallest absolute Gasteiger partial charge is 0.332 e. The molecule has 0 radical (unpaired) electrons. The zero-order valence-electron chi connectivity index (χ0n) is 18.1. The third-order valence-corrected chi connectivity index (χ3v) is 4.63. The van der Waals surface area contributed by atoms with Crippen molar-refractivity contribution in [3.8, 4) is 0 Å². The highest BCUT2D eigenvalue weighted by atomic mass is 19.2. The standard InChI is InChI=1S/C22H29F5O5/c1-2-3-4-5-6-7-8-9-10-11-31-16(28)13-30-14-17(29)32-12-15-18(23)20(25)22(27)21(26)19(15)24/h2-14H2,1H3. The molecule has 0 N–H and O–H groups in total. The third-order valence-electron chi connectivity index (χ3n) is 4.63. The minimum Gasteiger partial charge on any atom is -0.464 e. The van der Waals surface area contributed by atoms with E-state index in [2.05, 4.69) is 11.7 Å². The van der Waals surface area contributed by atoms with Gasteiger partial charge >= 0.3 is 11.9 Å². The van der Waals surface area contributed by atoms with Crippen LogP contribution in [0.1, 0.15) is 70.3 Å². The molecule has 0 unspecified atom stereocenters. The van der Waals surface area contributed by atoms with Gasteiger partial charge in [0.2, 0.25) is 5.82 Å². The van der Waals surface area contributed by atoms with Gasteiger partial charge in [0, 0.05) is 0 Å². The van der Waals surface area contributed by atoms with Crippen LogP contribution in [-0.2, 0) is 30.4 Å². The van der Waals surface area contributed by atoms with E-state index in [4.69, 9.17) is 9.47 Å². The molecule has 0 saturated carbocycles. The van der Waals surface area contributed by atoms with E-state index in [-0.39, 0.29) is 6.61 Å². The van der Waals surface area contributed by atoms with Crippen molar-refractivity contribution in [1.82, 2.24) is 0 Å². The number of carbonyl (C=O) groups is 2. The number of rotatable bonds is 16. The summed E-state index contributed by atoms with van der Waals surface area (Å²) in [6.07, 6.45) is 10.0. The molecule has 0 amide bonds. The van der Waals surface area contributed by atoms with E-state index >= 15 is 0 Å². The minimum atomic E-state index is -2.31. The normalized spacial score (nSPS) is 10.9. The van der Waals surface area contributed by atoms with Crippen molar-refractivity contribution in [3.05, 3.63) is 34.6 Å². The Morgan fingerprint density at radius 2 is 1.06 bits per heavy atom. The largest absolute Gasteiger partial charge is 0.464 e. The summed E-state index contributed by atoms with van der Waals surface area (Å²) in [6.45, 7) is -0.0947. The molecule has 32 heavy (non-hydrogen) atoms. The Hall–Kier alpha value is -2.23. The molecular formula is C22H29F5O5. The van der Waals surface area contributed by atoms with Crippen molar-refractivity contribution in [1.29, 1.82) is 0 Å². The summed E-state index contributed by atoms with van der Waals surface area (Å²) in [5, 5.41) is 0. The fourth-order valence-corrected chi connectivity index (χ4v) is 2.83. The van der Waals surface area contributed by atoms with E-state index in [1.54, 1.807) is 0 Å². The van der Waals surface area contributed by atoms with Crippen LogP contribution in [0.2, 0.25) is 0 Å². The highest BCUT2D eigenvalue weighted by Crippen LogP contribution is 2.23. The lowest BCUT2D eigenvalue weighted by Gasteiger charge is -2.09. The average molecular weight is 468 g/mol. The van der Waals surface area contributed by atoms with Crippen molar-refractivity contribution in [2.75, 3.05) is 19.8 Å². The number of hydrogen-bond acceptors (Lipinski definition) is 5. The maximum atomic E-state index is 13.5. The summed E-state index contributed by atoms with van der Waals surface area (Å²) >= 11 is 0. The Morgan fingerprint density at radius 3 is 1.59 bits per heavy atom. The van der Waals surface area contributed by atoms with Gasteiger partial charge in [-0.05, 0) is 6.42 Å². The number of ether oxygens (including phenoxy) is 3. The molecule has 5 nitrogen and oxygen atoms in total. The van der Waals surface area contributed by atoms with Gasteiger partial charge in [0.05, 0.1) is 12.2 Å². The predicted octanol–water partition coefficient (Wildman–Crippen LogP) is 5.52. The fourth-order valence-electron chi connectivity index (χ4n) is 2.83. The summed E-state index contributed by atoms with van der Waals surface area (Å²) in [6, 6.07) is 0. The number of esters is 2. The Labute approximate surface area is 184 Å². The number of halogens is 5. The molecule has 0 heterocycles. The molecule has 1 aromatic rings. The first-order valence-corrected chi connectivity index (χ1v) is 10.7. The Bertz CT molecular complexity index is 713. The van der Waals surface area contributed by atoms with Crippen molar-refractivity contribution in [2.45, 2.75) is 71.3 Å². The van der Waals surface area contributed by atoms with Gasteiger partial charge in [0.25, 0.3) is 0 Å². The maximum absolute atomic E-state index is 13.5. The molecule has 0 aromatic heterocycles. The van der Waals surface area contributed by atoms with Gasteiger partial charge in [-0.2, -0.15) is 0 Å². The second-order valence-electron chi connectivity index (χ2n) is 7.25. The summed E-state index contributed by atoms with van der Waals surface area (Å²) in [7, 11) is 0. The molecule has 0 aliphatic rings. The van der Waals surface area contributed by atoms with E-state index in [0.29, 0.717) is 6.42 Å². The Kier molecular flexibility index (Phi) is 13.5. The second kappa shape index (κ2) is 15.6. The third kappa shape index (κ3) is 9.93. The SMILES string of the molecule is CCCCCCCCCCCOC(=O)COCC(=O)OCc1c(F)c(F)c(F)c(F)c1F. The first kappa shape index (κ1) is 27.8. The Balaban J connectivity index is 2.14. The van der Waals surface area contributed by atoms with Crippen molar-refractivity contribution < 1.29 is 45.8 Å². The van der Waals surface area contributed by atoms with E-state index in [1.807, 2.05) is 0 Å². The fraction of sp³-hybridized carbons (Fsp3) is 0.636. The van der Waals surface area contributed by atoms with Crippen molar-refractivity contribution >= 4 is 11.9 Å². The minimum absolute atomic E-state index is 0.225. The van der Waals surface area contributed by atoms with E-state index in [1.165, 1.54) is 32.1 Å². The first-order chi connectivity index (χ1) is 15.3. The number of benzene rings is 1. The lowest BCUT2D eigenvalue weighted by Crippen LogP contribution is -2.19. The molecule has 1 rings (SSSR count). The quantitative estimate of drug-likeness (QED) is 0.105. The highest BCUT2D eigenvalue weighted by molar-refractivity contribution is 5.73. The predicted molar refractivity (Wildman–Crippen MR) is 105 cm³/mol. The zero-order chi connectivity index (χ0) is 23.9. The second-order valence-corrected chi connectivity index (χ2v) is 7.25. The lowest BCUT2D eigenvalue weighted by molar-refractivity contribution is -0.156. The zero-order valence-corrected chi connectivity index (χ0v) is 18.1. The molecule has 182 valence electrons. The van der Waals surface area contributed by atoms with Gasteiger partial charge in [-0.25, -0.2) is 31.5 Å². The average Bonchev–Trinajstić information content (AvgIpc) is 2.77. The van der Waals surface area contributed by atoms with E-state index in [0.717, 1.165) is 19.3 Å². The molecule has 0 bridgehead atoms. The summed E-state index contributed by atoms with van der Waals surface area (Å²) < 4.78 is 80.3. The van der Waals surface area contributed by atoms with Crippen LogP contribution >= 0.6 is 0 Å². The molecular weight excluding hydrogens is 439 g/mol. The van der Waals surface area contributed by atoms with Crippen molar-refractivity contribution in [3.63, 3.8) is 0 Å². The van der Waals surface area contributed by atoms with Gasteiger partial charge < -0.3 is 14.2 Å². The molecule has 1 aromatic carbocycles.